The molecule has 1 aliphatic heterocycles. The number of benzene rings is 2. The molecule has 0 radical (unpaired) electrons. The van der Waals surface area contributed by atoms with Crippen molar-refractivity contribution in [2.45, 2.75) is 39.5 Å². The summed E-state index contributed by atoms with van der Waals surface area (Å²) in [5, 5.41) is 2.00. The van der Waals surface area contributed by atoms with Crippen LogP contribution >= 0.6 is 0 Å². The first kappa shape index (κ1) is 20.1. The van der Waals surface area contributed by atoms with Crippen LogP contribution in [0, 0.1) is 5.92 Å². The van der Waals surface area contributed by atoms with Crippen molar-refractivity contribution in [1.29, 1.82) is 0 Å². The lowest BCUT2D eigenvalue weighted by Gasteiger charge is -2.20. The normalized spacial score (nSPS) is 16.1. The number of nitrogens with zero attached hydrogens (tertiary/aromatic N) is 1. The zero-order valence-corrected chi connectivity index (χ0v) is 17.1. The topological polar surface area (TPSA) is 33.7 Å². The Morgan fingerprint density at radius 3 is 2.54 bits per heavy atom. The fourth-order valence-corrected chi connectivity index (χ4v) is 3.32. The fraction of sp³-hybridized carbons (Fsp3) is 0.417. The van der Waals surface area contributed by atoms with Crippen LogP contribution in [-0.2, 0) is 9.47 Å². The van der Waals surface area contributed by atoms with Crippen LogP contribution in [0.4, 0.5) is 5.69 Å². The van der Waals surface area contributed by atoms with Crippen molar-refractivity contribution in [3.8, 4) is 11.1 Å². The summed E-state index contributed by atoms with van der Waals surface area (Å²) in [6.45, 7) is 6.68. The van der Waals surface area contributed by atoms with E-state index in [4.69, 9.17) is 9.47 Å². The van der Waals surface area contributed by atoms with Crippen LogP contribution in [0.2, 0.25) is 0 Å². The van der Waals surface area contributed by atoms with Crippen LogP contribution in [0.15, 0.2) is 66.7 Å². The van der Waals surface area contributed by atoms with E-state index in [0.717, 1.165) is 31.1 Å². The predicted molar refractivity (Wildman–Crippen MR) is 115 cm³/mol. The van der Waals surface area contributed by atoms with Gasteiger partial charge in [0.15, 0.2) is 0 Å². The third-order valence-electron chi connectivity index (χ3n) is 5.15. The molecule has 1 atom stereocenters. The Hall–Kier alpha value is -2.62. The molecule has 0 spiro atoms. The number of rotatable bonds is 10. The molecule has 2 aromatic rings. The monoisotopic (exact) mass is 380 g/mol. The van der Waals surface area contributed by atoms with Crippen molar-refractivity contribution < 1.29 is 9.47 Å². The molecule has 1 aliphatic rings. The molecule has 0 aliphatic carbocycles. The van der Waals surface area contributed by atoms with Crippen molar-refractivity contribution in [3.63, 3.8) is 0 Å². The van der Waals surface area contributed by atoms with Crippen molar-refractivity contribution in [2.75, 3.05) is 25.2 Å². The highest BCUT2D eigenvalue weighted by atomic mass is 16.5. The minimum Gasteiger partial charge on any atom is -0.495 e. The summed E-state index contributed by atoms with van der Waals surface area (Å²) in [6.07, 6.45) is 6.64. The van der Waals surface area contributed by atoms with Crippen molar-refractivity contribution in [3.05, 3.63) is 66.7 Å². The van der Waals surface area contributed by atoms with Gasteiger partial charge >= 0.3 is 0 Å². The van der Waals surface area contributed by atoms with Gasteiger partial charge in [0, 0.05) is 0 Å². The van der Waals surface area contributed by atoms with Crippen LogP contribution in [0.25, 0.3) is 11.1 Å². The summed E-state index contributed by atoms with van der Waals surface area (Å²) in [4.78, 5) is 0. The Bertz CT molecular complexity index is 728. The number of hydrogen-bond acceptors (Lipinski definition) is 4. The second-order valence-corrected chi connectivity index (χ2v) is 7.26. The Kier molecular flexibility index (Phi) is 7.65. The molecular formula is C24H32N2O2. The van der Waals surface area contributed by atoms with Crippen molar-refractivity contribution in [2.24, 2.45) is 5.92 Å². The van der Waals surface area contributed by atoms with Crippen LogP contribution in [0.5, 0.6) is 0 Å². The third-order valence-corrected chi connectivity index (χ3v) is 5.15. The van der Waals surface area contributed by atoms with E-state index in [-0.39, 0.29) is 0 Å². The lowest BCUT2D eigenvalue weighted by Crippen LogP contribution is -2.25. The zero-order chi connectivity index (χ0) is 19.6. The summed E-state index contributed by atoms with van der Waals surface area (Å²) < 4.78 is 11.6. The summed E-state index contributed by atoms with van der Waals surface area (Å²) >= 11 is 0. The molecule has 3 rings (SSSR count). The molecule has 150 valence electrons. The molecule has 1 unspecified atom stereocenters. The number of anilines is 1. The molecule has 28 heavy (non-hydrogen) atoms. The highest BCUT2D eigenvalue weighted by molar-refractivity contribution is 5.65. The molecule has 1 saturated heterocycles. The fourth-order valence-electron chi connectivity index (χ4n) is 3.32. The Balaban J connectivity index is 1.54. The maximum absolute atomic E-state index is 5.84. The van der Waals surface area contributed by atoms with Gasteiger partial charge in [0.25, 0.3) is 0 Å². The standard InChI is InChI=1S/C24H32N2O2/c1-3-5-9-20(4-2)18-27-19-24-26(16-17-28-24)25-23-14-12-22(13-15-23)21-10-7-6-8-11-21/h6-8,10-15,19-20,25H,3-5,9,16-18H2,1-2H3. The highest BCUT2D eigenvalue weighted by Crippen LogP contribution is 2.23. The van der Waals surface area contributed by atoms with Crippen LogP contribution < -0.4 is 5.43 Å². The molecular weight excluding hydrogens is 348 g/mol. The first-order valence-corrected chi connectivity index (χ1v) is 10.4. The quantitative estimate of drug-likeness (QED) is 0.509. The molecule has 1 N–H and O–H groups in total. The van der Waals surface area contributed by atoms with Gasteiger partial charge in [-0.2, -0.15) is 0 Å². The maximum Gasteiger partial charge on any atom is 0.244 e. The van der Waals surface area contributed by atoms with Crippen LogP contribution in [0.1, 0.15) is 39.5 Å². The molecule has 0 amide bonds. The largest absolute Gasteiger partial charge is 0.495 e. The lowest BCUT2D eigenvalue weighted by atomic mass is 10.0. The summed E-state index contributed by atoms with van der Waals surface area (Å²) in [7, 11) is 0. The maximum atomic E-state index is 5.84. The average molecular weight is 381 g/mol. The number of hydrazine groups is 1. The molecule has 1 heterocycles. The molecule has 0 saturated carbocycles. The predicted octanol–water partition coefficient (Wildman–Crippen LogP) is 6.04. The summed E-state index contributed by atoms with van der Waals surface area (Å²) in [6, 6.07) is 18.9. The van der Waals surface area contributed by atoms with E-state index >= 15 is 0 Å². The smallest absolute Gasteiger partial charge is 0.244 e. The molecule has 4 heteroatoms. The van der Waals surface area contributed by atoms with Gasteiger partial charge in [-0.3, -0.25) is 10.4 Å². The van der Waals surface area contributed by atoms with E-state index in [1.807, 2.05) is 11.1 Å². The molecule has 0 bridgehead atoms. The Morgan fingerprint density at radius 2 is 1.82 bits per heavy atom. The molecule has 2 aromatic carbocycles. The van der Waals surface area contributed by atoms with Gasteiger partial charge in [0.1, 0.15) is 12.9 Å². The Morgan fingerprint density at radius 1 is 1.07 bits per heavy atom. The van der Waals surface area contributed by atoms with Gasteiger partial charge in [-0.1, -0.05) is 75.6 Å². The van der Waals surface area contributed by atoms with Crippen molar-refractivity contribution >= 4 is 5.69 Å². The second kappa shape index (κ2) is 10.6. The van der Waals surface area contributed by atoms with Crippen LogP contribution in [0.3, 0.4) is 0 Å². The van der Waals surface area contributed by atoms with Crippen molar-refractivity contribution in [1.82, 2.24) is 5.01 Å². The minimum atomic E-state index is 0.616. The molecule has 1 fully saturated rings. The van der Waals surface area contributed by atoms with E-state index in [2.05, 4.69) is 67.8 Å². The van der Waals surface area contributed by atoms with Gasteiger partial charge in [0.05, 0.1) is 18.8 Å². The number of hydrogen-bond donors (Lipinski definition) is 1. The first-order chi connectivity index (χ1) is 13.8. The van der Waals surface area contributed by atoms with E-state index in [1.165, 1.54) is 30.4 Å². The van der Waals surface area contributed by atoms with E-state index in [9.17, 15) is 0 Å². The lowest BCUT2D eigenvalue weighted by molar-refractivity contribution is 0.152. The van der Waals surface area contributed by atoms with E-state index in [1.54, 1.807) is 6.26 Å². The number of ether oxygens (including phenoxy) is 2. The van der Waals surface area contributed by atoms with Gasteiger partial charge in [-0.15, -0.1) is 0 Å². The van der Waals surface area contributed by atoms with E-state index in [0.29, 0.717) is 12.5 Å². The number of nitrogens with one attached hydrogen (secondary N) is 1. The number of unbranched alkanes of at least 4 members (excludes halogenated alkanes) is 1. The SMILES string of the molecule is CCCCC(CC)COC=C1OCCN1Nc1ccc(-c2ccccc2)cc1. The first-order valence-electron chi connectivity index (χ1n) is 10.4. The summed E-state index contributed by atoms with van der Waals surface area (Å²) in [5.41, 5.74) is 6.88. The Labute approximate surface area is 169 Å². The van der Waals surface area contributed by atoms with Gasteiger partial charge < -0.3 is 9.47 Å². The van der Waals surface area contributed by atoms with Crippen LogP contribution in [-0.4, -0.2) is 24.8 Å². The molecule has 0 aromatic heterocycles. The second-order valence-electron chi connectivity index (χ2n) is 7.26. The van der Waals surface area contributed by atoms with E-state index < -0.39 is 0 Å². The zero-order valence-electron chi connectivity index (χ0n) is 17.1. The van der Waals surface area contributed by atoms with Gasteiger partial charge in [-0.05, 0) is 35.6 Å². The minimum absolute atomic E-state index is 0.616. The average Bonchev–Trinajstić information content (AvgIpc) is 3.18. The summed E-state index contributed by atoms with van der Waals surface area (Å²) in [5.74, 6) is 1.36. The van der Waals surface area contributed by atoms with Gasteiger partial charge in [-0.25, -0.2) is 0 Å². The molecule has 4 nitrogen and oxygen atoms in total. The third kappa shape index (κ3) is 5.69. The highest BCUT2D eigenvalue weighted by Gasteiger charge is 2.19. The van der Waals surface area contributed by atoms with Gasteiger partial charge in [0.2, 0.25) is 5.88 Å².